The van der Waals surface area contributed by atoms with Crippen molar-refractivity contribution in [2.45, 2.75) is 78.7 Å². The van der Waals surface area contributed by atoms with Gasteiger partial charge in [-0.1, -0.05) is 26.3 Å². The van der Waals surface area contributed by atoms with Crippen molar-refractivity contribution < 1.29 is 14.3 Å². The fraction of sp³-hybridized carbons (Fsp3) is 0.818. The predicted molar refractivity (Wildman–Crippen MR) is 96.8 cm³/mol. The minimum absolute atomic E-state index is 0.0774. The second-order valence-corrected chi connectivity index (χ2v) is 9.76. The van der Waals surface area contributed by atoms with E-state index in [1.165, 1.54) is 24.8 Å². The first-order valence-corrected chi connectivity index (χ1v) is 10.2. The second-order valence-electron chi connectivity index (χ2n) is 9.76. The van der Waals surface area contributed by atoms with E-state index < -0.39 is 0 Å². The molecular weight excluding hydrogens is 312 g/mol. The molecule has 3 heteroatoms. The van der Waals surface area contributed by atoms with Gasteiger partial charge in [-0.3, -0.25) is 9.59 Å². The van der Waals surface area contributed by atoms with Crippen LogP contribution >= 0.6 is 0 Å². The molecule has 0 aliphatic heterocycles. The highest BCUT2D eigenvalue weighted by molar-refractivity contribution is 5.91. The van der Waals surface area contributed by atoms with Gasteiger partial charge in [-0.05, 0) is 73.7 Å². The Morgan fingerprint density at radius 3 is 2.64 bits per heavy atom. The van der Waals surface area contributed by atoms with E-state index in [4.69, 9.17) is 4.74 Å². The Morgan fingerprint density at radius 1 is 1.16 bits per heavy atom. The summed E-state index contributed by atoms with van der Waals surface area (Å²) >= 11 is 0. The topological polar surface area (TPSA) is 43.4 Å². The van der Waals surface area contributed by atoms with E-state index in [-0.39, 0.29) is 22.9 Å². The smallest absolute Gasteiger partial charge is 0.302 e. The molecule has 3 saturated carbocycles. The molecule has 4 rings (SSSR count). The molecule has 0 unspecified atom stereocenters. The second kappa shape index (κ2) is 5.69. The van der Waals surface area contributed by atoms with E-state index in [2.05, 4.69) is 20.8 Å². The molecule has 138 valence electrons. The summed E-state index contributed by atoms with van der Waals surface area (Å²) in [6.45, 7) is 8.61. The van der Waals surface area contributed by atoms with Gasteiger partial charge >= 0.3 is 5.97 Å². The molecule has 0 aromatic carbocycles. The Hall–Kier alpha value is -1.12. The molecule has 0 amide bonds. The number of ketones is 1. The van der Waals surface area contributed by atoms with Gasteiger partial charge in [0.1, 0.15) is 6.10 Å². The first-order valence-electron chi connectivity index (χ1n) is 10.2. The SMILES string of the molecule is CC(=O)O[C@@H]1[C@@H](C)C[C@H]2[C@@H]3CCC4=CC(=O)CC[C@]4(C)[C@H]3CC[C@]12C. The Kier molecular flexibility index (Phi) is 3.94. The molecule has 0 spiro atoms. The number of carbonyl (C=O) groups excluding carboxylic acids is 2. The molecule has 3 nitrogen and oxygen atoms in total. The van der Waals surface area contributed by atoms with Crippen LogP contribution in [0.25, 0.3) is 0 Å². The number of hydrogen-bond acceptors (Lipinski definition) is 3. The van der Waals surface area contributed by atoms with Crippen molar-refractivity contribution >= 4 is 11.8 Å². The molecule has 0 saturated heterocycles. The predicted octanol–water partition coefficient (Wildman–Crippen LogP) is 4.70. The summed E-state index contributed by atoms with van der Waals surface area (Å²) < 4.78 is 5.83. The number of esters is 1. The number of ether oxygens (including phenoxy) is 1. The Bertz CT molecular complexity index is 635. The van der Waals surface area contributed by atoms with Gasteiger partial charge in [0.05, 0.1) is 0 Å². The van der Waals surface area contributed by atoms with E-state index in [1.807, 2.05) is 6.08 Å². The van der Waals surface area contributed by atoms with Crippen molar-refractivity contribution in [2.75, 3.05) is 0 Å². The summed E-state index contributed by atoms with van der Waals surface area (Å²) in [5, 5.41) is 0. The van der Waals surface area contributed by atoms with Crippen molar-refractivity contribution in [1.29, 1.82) is 0 Å². The Morgan fingerprint density at radius 2 is 1.92 bits per heavy atom. The molecule has 25 heavy (non-hydrogen) atoms. The molecule has 0 N–H and O–H groups in total. The van der Waals surface area contributed by atoms with Gasteiger partial charge in [0, 0.05) is 18.8 Å². The van der Waals surface area contributed by atoms with E-state index in [9.17, 15) is 9.59 Å². The van der Waals surface area contributed by atoms with E-state index in [1.54, 1.807) is 6.92 Å². The normalized spacial score (nSPS) is 48.9. The Balaban J connectivity index is 1.65. The van der Waals surface area contributed by atoms with Crippen LogP contribution in [0, 0.1) is 34.5 Å². The van der Waals surface area contributed by atoms with Gasteiger partial charge in [-0.15, -0.1) is 0 Å². The standard InChI is InChI=1S/C22H32O3/c1-13-11-19-17-6-5-15-12-16(24)7-9-21(15,3)18(17)8-10-22(19,4)20(13)25-14(2)23/h12-13,17-20H,5-11H2,1-4H3/t13-,17+,18-,19-,20+,21-,22-/m0/s1. The monoisotopic (exact) mass is 344 g/mol. The van der Waals surface area contributed by atoms with Crippen molar-refractivity contribution in [1.82, 2.24) is 0 Å². The molecule has 0 aromatic heterocycles. The highest BCUT2D eigenvalue weighted by atomic mass is 16.5. The third kappa shape index (κ3) is 2.44. The van der Waals surface area contributed by atoms with Gasteiger partial charge in [0.25, 0.3) is 0 Å². The maximum atomic E-state index is 11.9. The minimum Gasteiger partial charge on any atom is -0.462 e. The minimum atomic E-state index is -0.132. The first-order chi connectivity index (χ1) is 11.8. The number of carbonyl (C=O) groups is 2. The molecule has 0 aromatic rings. The van der Waals surface area contributed by atoms with Gasteiger partial charge in [-0.2, -0.15) is 0 Å². The molecule has 4 aliphatic carbocycles. The molecule has 0 bridgehead atoms. The largest absolute Gasteiger partial charge is 0.462 e. The highest BCUT2D eigenvalue weighted by Crippen LogP contribution is 2.66. The van der Waals surface area contributed by atoms with Crippen LogP contribution in [0.2, 0.25) is 0 Å². The summed E-state index contributed by atoms with van der Waals surface area (Å²) in [7, 11) is 0. The third-order valence-electron chi connectivity index (χ3n) is 8.49. The average Bonchev–Trinajstić information content (AvgIpc) is 2.79. The molecule has 7 atom stereocenters. The molecule has 3 fully saturated rings. The van der Waals surface area contributed by atoms with E-state index in [0.29, 0.717) is 23.5 Å². The average molecular weight is 344 g/mol. The zero-order chi connectivity index (χ0) is 18.0. The summed E-state index contributed by atoms with van der Waals surface area (Å²) in [6, 6.07) is 0. The lowest BCUT2D eigenvalue weighted by Crippen LogP contribution is -2.51. The summed E-state index contributed by atoms with van der Waals surface area (Å²) in [5.41, 5.74) is 1.78. The van der Waals surface area contributed by atoms with Gasteiger partial charge in [0.15, 0.2) is 5.78 Å². The van der Waals surface area contributed by atoms with Gasteiger partial charge in [0.2, 0.25) is 0 Å². The first kappa shape index (κ1) is 17.3. The number of fused-ring (bicyclic) bond motifs is 5. The van der Waals surface area contributed by atoms with Crippen LogP contribution in [0.1, 0.15) is 72.6 Å². The molecular formula is C22H32O3. The molecule has 0 radical (unpaired) electrons. The lowest BCUT2D eigenvalue weighted by atomic mass is 9.47. The summed E-state index contributed by atoms with van der Waals surface area (Å²) in [6.07, 6.45) is 9.65. The lowest BCUT2D eigenvalue weighted by molar-refractivity contribution is -0.159. The van der Waals surface area contributed by atoms with E-state index >= 15 is 0 Å². The molecule has 4 aliphatic rings. The van der Waals surface area contributed by atoms with Crippen molar-refractivity contribution in [2.24, 2.45) is 34.5 Å². The van der Waals surface area contributed by atoms with Gasteiger partial charge in [-0.25, -0.2) is 0 Å². The number of allylic oxidation sites excluding steroid dienone is 1. The molecule has 0 heterocycles. The lowest BCUT2D eigenvalue weighted by Gasteiger charge is -2.57. The van der Waals surface area contributed by atoms with Crippen LogP contribution in [-0.2, 0) is 14.3 Å². The van der Waals surface area contributed by atoms with E-state index in [0.717, 1.165) is 31.6 Å². The maximum absolute atomic E-state index is 11.9. The van der Waals surface area contributed by atoms with Crippen LogP contribution in [-0.4, -0.2) is 17.9 Å². The highest BCUT2D eigenvalue weighted by Gasteiger charge is 2.61. The zero-order valence-corrected chi connectivity index (χ0v) is 16.1. The summed E-state index contributed by atoms with van der Waals surface area (Å²) in [5.74, 6) is 2.72. The van der Waals surface area contributed by atoms with Gasteiger partial charge < -0.3 is 4.74 Å². The van der Waals surface area contributed by atoms with Crippen molar-refractivity contribution in [3.8, 4) is 0 Å². The van der Waals surface area contributed by atoms with Crippen LogP contribution in [0.15, 0.2) is 11.6 Å². The van der Waals surface area contributed by atoms with Crippen LogP contribution in [0.4, 0.5) is 0 Å². The number of hydrogen-bond donors (Lipinski definition) is 0. The maximum Gasteiger partial charge on any atom is 0.302 e. The van der Waals surface area contributed by atoms with Crippen molar-refractivity contribution in [3.63, 3.8) is 0 Å². The number of rotatable bonds is 1. The third-order valence-corrected chi connectivity index (χ3v) is 8.49. The Labute approximate surface area is 151 Å². The fourth-order valence-electron chi connectivity index (χ4n) is 7.31. The van der Waals surface area contributed by atoms with Crippen LogP contribution in [0.5, 0.6) is 0 Å². The zero-order valence-electron chi connectivity index (χ0n) is 16.1. The van der Waals surface area contributed by atoms with Crippen molar-refractivity contribution in [3.05, 3.63) is 11.6 Å². The quantitative estimate of drug-likeness (QED) is 0.648. The summed E-state index contributed by atoms with van der Waals surface area (Å²) in [4.78, 5) is 23.6. The van der Waals surface area contributed by atoms with Crippen LogP contribution in [0.3, 0.4) is 0 Å². The fourth-order valence-corrected chi connectivity index (χ4v) is 7.31. The van der Waals surface area contributed by atoms with Crippen LogP contribution < -0.4 is 0 Å².